The van der Waals surface area contributed by atoms with Crippen LogP contribution in [0.2, 0.25) is 0 Å². The van der Waals surface area contributed by atoms with Gasteiger partial charge in [0.2, 0.25) is 0 Å². The smallest absolute Gasteiger partial charge is 0.315 e. The summed E-state index contributed by atoms with van der Waals surface area (Å²) in [5.41, 5.74) is 0. The molecule has 2 saturated heterocycles. The van der Waals surface area contributed by atoms with Gasteiger partial charge in [0, 0.05) is 23.8 Å². The zero-order valence-electron chi connectivity index (χ0n) is 14.1. The molecule has 0 saturated carbocycles. The van der Waals surface area contributed by atoms with Crippen molar-refractivity contribution >= 4 is 29.7 Å². The molecular formula is C16H28N2O5S. The maximum atomic E-state index is 11.1. The zero-order valence-corrected chi connectivity index (χ0v) is 14.9. The molecule has 0 aromatic rings. The van der Waals surface area contributed by atoms with Gasteiger partial charge in [0.05, 0.1) is 12.1 Å². The van der Waals surface area contributed by atoms with Crippen LogP contribution >= 0.6 is 11.8 Å². The van der Waals surface area contributed by atoms with Gasteiger partial charge in [-0.15, -0.1) is 0 Å². The number of rotatable bonds is 9. The summed E-state index contributed by atoms with van der Waals surface area (Å²) in [7, 11) is 0. The van der Waals surface area contributed by atoms with E-state index >= 15 is 0 Å². The lowest BCUT2D eigenvalue weighted by Crippen LogP contribution is -2.36. The number of carbonyl (C=O) groups is 3. The molecule has 0 aromatic heterocycles. The molecule has 2 amide bonds. The first-order valence-corrected chi connectivity index (χ1v) is 9.61. The highest BCUT2D eigenvalue weighted by Crippen LogP contribution is 2.33. The third-order valence-electron chi connectivity index (χ3n) is 4.06. The van der Waals surface area contributed by atoms with Crippen molar-refractivity contribution in [1.82, 2.24) is 10.6 Å². The van der Waals surface area contributed by atoms with E-state index in [0.717, 1.165) is 44.3 Å². The van der Waals surface area contributed by atoms with E-state index in [1.165, 1.54) is 0 Å². The number of amides is 2. The minimum absolute atomic E-state index is 0.0640. The van der Waals surface area contributed by atoms with E-state index in [1.54, 1.807) is 0 Å². The van der Waals surface area contributed by atoms with E-state index in [1.807, 2.05) is 11.8 Å². The minimum atomic E-state index is -0.729. The number of fused-ring (bicyclic) bond motifs is 1. The van der Waals surface area contributed by atoms with Crippen LogP contribution in [0.1, 0.15) is 58.3 Å². The molecule has 2 fully saturated rings. The molecule has 8 heteroatoms. The summed E-state index contributed by atoms with van der Waals surface area (Å²) >= 11 is 1.87. The van der Waals surface area contributed by atoms with Crippen molar-refractivity contribution in [2.24, 2.45) is 0 Å². The lowest BCUT2D eigenvalue weighted by Gasteiger charge is -2.16. The number of unbranched alkanes of at least 4 members (excludes halogenated alkanes) is 3. The van der Waals surface area contributed by atoms with Gasteiger partial charge in [0.1, 0.15) is 0 Å². The Morgan fingerprint density at radius 1 is 1.08 bits per heavy atom. The van der Waals surface area contributed by atoms with Gasteiger partial charge in [0.15, 0.2) is 0 Å². The fourth-order valence-electron chi connectivity index (χ4n) is 2.79. The normalized spacial score (nSPS) is 24.4. The van der Waals surface area contributed by atoms with E-state index in [0.29, 0.717) is 11.7 Å². The maximum Gasteiger partial charge on any atom is 0.315 e. The average molecular weight is 360 g/mol. The highest BCUT2D eigenvalue weighted by atomic mass is 32.2. The molecule has 2 aliphatic heterocycles. The number of carboxylic acid groups (broad SMARTS) is 2. The highest BCUT2D eigenvalue weighted by molar-refractivity contribution is 8.00. The number of carboxylic acids is 2. The fourth-order valence-corrected chi connectivity index (χ4v) is 4.33. The third-order valence-corrected chi connectivity index (χ3v) is 5.57. The molecule has 2 rings (SSSR count). The first-order valence-electron chi connectivity index (χ1n) is 8.56. The second-order valence-corrected chi connectivity index (χ2v) is 7.38. The van der Waals surface area contributed by atoms with Gasteiger partial charge >= 0.3 is 18.0 Å². The fraction of sp³-hybridized carbons (Fsp3) is 0.812. The average Bonchev–Trinajstić information content (AvgIpc) is 3.04. The van der Waals surface area contributed by atoms with Crippen LogP contribution in [0.5, 0.6) is 0 Å². The van der Waals surface area contributed by atoms with Crippen molar-refractivity contribution in [2.75, 3.05) is 5.75 Å². The van der Waals surface area contributed by atoms with Crippen molar-refractivity contribution in [3.63, 3.8) is 0 Å². The Morgan fingerprint density at radius 2 is 1.71 bits per heavy atom. The van der Waals surface area contributed by atoms with Crippen LogP contribution in [0, 0.1) is 0 Å². The summed E-state index contributed by atoms with van der Waals surface area (Å²) in [6.45, 7) is 2.06. The minimum Gasteiger partial charge on any atom is -0.481 e. The summed E-state index contributed by atoms with van der Waals surface area (Å²) in [5, 5.41) is 22.9. The van der Waals surface area contributed by atoms with Crippen LogP contribution in [-0.2, 0) is 9.59 Å². The van der Waals surface area contributed by atoms with E-state index in [2.05, 4.69) is 17.6 Å². The standard InChI is InChI=1S/C10H16N2O3S.C6H12O2/c13-8(14)4-2-1-3-7-9-6(5-16-7)11-10(15)12-9;1-2-3-4-5-6(7)8/h6-7,9H,1-5H2,(H,13,14)(H2,11,12,15);2-5H2,1H3,(H,7,8)/t6-,7-,9-;/m0./s1. The monoisotopic (exact) mass is 360 g/mol. The summed E-state index contributed by atoms with van der Waals surface area (Å²) in [5.74, 6) is -0.446. The summed E-state index contributed by atoms with van der Waals surface area (Å²) in [6.07, 6.45) is 6.16. The number of urea groups is 1. The second kappa shape index (κ2) is 11.2. The zero-order chi connectivity index (χ0) is 17.9. The quantitative estimate of drug-likeness (QED) is 0.371. The SMILES string of the molecule is CCCCCC(=O)O.O=C(O)CCCC[C@@H]1SC[C@@H]2NC(=O)N[C@@H]21. The maximum absolute atomic E-state index is 11.1. The van der Waals surface area contributed by atoms with Crippen molar-refractivity contribution in [3.05, 3.63) is 0 Å². The Morgan fingerprint density at radius 3 is 2.29 bits per heavy atom. The molecule has 4 N–H and O–H groups in total. The molecule has 138 valence electrons. The lowest BCUT2D eigenvalue weighted by atomic mass is 10.0. The van der Waals surface area contributed by atoms with Crippen LogP contribution in [-0.4, -0.2) is 51.3 Å². The molecular weight excluding hydrogens is 332 g/mol. The molecule has 0 unspecified atom stereocenters. The first-order chi connectivity index (χ1) is 11.4. The molecule has 3 atom stereocenters. The summed E-state index contributed by atoms with van der Waals surface area (Å²) in [6, 6.07) is 0.440. The molecule has 0 aromatic carbocycles. The van der Waals surface area contributed by atoms with E-state index in [4.69, 9.17) is 10.2 Å². The van der Waals surface area contributed by atoms with Crippen LogP contribution in [0.15, 0.2) is 0 Å². The predicted molar refractivity (Wildman–Crippen MR) is 93.4 cm³/mol. The third kappa shape index (κ3) is 7.90. The van der Waals surface area contributed by atoms with Gasteiger partial charge in [-0.3, -0.25) is 9.59 Å². The van der Waals surface area contributed by atoms with Gasteiger partial charge in [0.25, 0.3) is 0 Å². The van der Waals surface area contributed by atoms with Crippen molar-refractivity contribution in [1.29, 1.82) is 0 Å². The Hall–Kier alpha value is -1.44. The topological polar surface area (TPSA) is 116 Å². The Bertz CT molecular complexity index is 433. The number of hydrogen-bond donors (Lipinski definition) is 4. The molecule has 2 aliphatic rings. The van der Waals surface area contributed by atoms with Gasteiger partial charge < -0.3 is 20.8 Å². The number of nitrogens with one attached hydrogen (secondary N) is 2. The van der Waals surface area contributed by atoms with Crippen LogP contribution < -0.4 is 10.6 Å². The molecule has 0 spiro atoms. The summed E-state index contributed by atoms with van der Waals surface area (Å²) < 4.78 is 0. The van der Waals surface area contributed by atoms with E-state index in [9.17, 15) is 14.4 Å². The first kappa shape index (κ1) is 20.6. The molecule has 2 heterocycles. The molecule has 24 heavy (non-hydrogen) atoms. The van der Waals surface area contributed by atoms with Crippen molar-refractivity contribution < 1.29 is 24.6 Å². The van der Waals surface area contributed by atoms with Crippen LogP contribution in [0.3, 0.4) is 0 Å². The van der Waals surface area contributed by atoms with Crippen LogP contribution in [0.25, 0.3) is 0 Å². The second-order valence-electron chi connectivity index (χ2n) is 6.11. The largest absolute Gasteiger partial charge is 0.481 e. The Balaban J connectivity index is 0.000000307. The van der Waals surface area contributed by atoms with Gasteiger partial charge in [-0.1, -0.05) is 26.2 Å². The molecule has 0 aliphatic carbocycles. The van der Waals surface area contributed by atoms with Gasteiger partial charge in [-0.25, -0.2) is 4.79 Å². The van der Waals surface area contributed by atoms with Crippen molar-refractivity contribution in [3.8, 4) is 0 Å². The molecule has 7 nitrogen and oxygen atoms in total. The number of hydrogen-bond acceptors (Lipinski definition) is 4. The van der Waals surface area contributed by atoms with Gasteiger partial charge in [-0.2, -0.15) is 11.8 Å². The van der Waals surface area contributed by atoms with Gasteiger partial charge in [-0.05, 0) is 19.3 Å². The number of carbonyl (C=O) groups excluding carboxylic acids is 1. The highest BCUT2D eigenvalue weighted by Gasteiger charge is 2.42. The van der Waals surface area contributed by atoms with Crippen LogP contribution in [0.4, 0.5) is 4.79 Å². The number of thioether (sulfide) groups is 1. The van der Waals surface area contributed by atoms with E-state index < -0.39 is 11.9 Å². The summed E-state index contributed by atoms with van der Waals surface area (Å²) in [4.78, 5) is 31.3. The lowest BCUT2D eigenvalue weighted by molar-refractivity contribution is -0.138. The Kier molecular flexibility index (Phi) is 9.59. The predicted octanol–water partition coefficient (Wildman–Crippen LogP) is 2.45. The molecule has 0 radical (unpaired) electrons. The van der Waals surface area contributed by atoms with E-state index in [-0.39, 0.29) is 24.5 Å². The Labute approximate surface area is 147 Å². The van der Waals surface area contributed by atoms with Crippen molar-refractivity contribution in [2.45, 2.75) is 75.6 Å². The number of aliphatic carboxylic acids is 2. The molecule has 0 bridgehead atoms.